The molecule has 1 unspecified atom stereocenters. The molecule has 1 atom stereocenters. The molecule has 2 aliphatic rings. The van der Waals surface area contributed by atoms with E-state index in [2.05, 4.69) is 5.32 Å². The molecule has 6 heteroatoms. The molecule has 0 radical (unpaired) electrons. The highest BCUT2D eigenvalue weighted by molar-refractivity contribution is 7.91. The zero-order chi connectivity index (χ0) is 11.8. The molecular formula is C10H17F2NO2S. The highest BCUT2D eigenvalue weighted by Crippen LogP contribution is 2.35. The molecule has 1 N–H and O–H groups in total. The van der Waals surface area contributed by atoms with Gasteiger partial charge in [-0.3, -0.25) is 0 Å². The molecule has 2 rings (SSSR count). The second kappa shape index (κ2) is 4.22. The zero-order valence-corrected chi connectivity index (χ0v) is 9.90. The number of nitrogens with one attached hydrogen (secondary N) is 1. The summed E-state index contributed by atoms with van der Waals surface area (Å²) in [5, 5.41) is 2.93. The van der Waals surface area contributed by atoms with Crippen molar-refractivity contribution in [2.75, 3.05) is 11.5 Å². The van der Waals surface area contributed by atoms with Gasteiger partial charge in [0.25, 0.3) is 5.92 Å². The molecular weight excluding hydrogens is 236 g/mol. The Morgan fingerprint density at radius 2 is 1.75 bits per heavy atom. The summed E-state index contributed by atoms with van der Waals surface area (Å²) in [5.74, 6) is -2.36. The molecule has 0 spiro atoms. The first-order chi connectivity index (χ1) is 7.39. The average molecular weight is 253 g/mol. The van der Waals surface area contributed by atoms with E-state index in [4.69, 9.17) is 0 Å². The van der Waals surface area contributed by atoms with Crippen molar-refractivity contribution in [3.63, 3.8) is 0 Å². The minimum Gasteiger partial charge on any atom is -0.306 e. The van der Waals surface area contributed by atoms with Crippen LogP contribution < -0.4 is 5.32 Å². The lowest BCUT2D eigenvalue weighted by Gasteiger charge is -2.29. The molecule has 1 aliphatic carbocycles. The Bertz CT molecular complexity index is 342. The van der Waals surface area contributed by atoms with Crippen LogP contribution in [-0.2, 0) is 9.84 Å². The predicted molar refractivity (Wildman–Crippen MR) is 57.4 cm³/mol. The van der Waals surface area contributed by atoms with Crippen molar-refractivity contribution in [2.45, 2.75) is 50.1 Å². The molecule has 94 valence electrons. The van der Waals surface area contributed by atoms with Crippen LogP contribution in [0.2, 0.25) is 0 Å². The Hall–Kier alpha value is -0.230. The SMILES string of the molecule is O=S1(=O)CCC(NC2CCCC2(F)F)CC1. The Morgan fingerprint density at radius 3 is 2.25 bits per heavy atom. The van der Waals surface area contributed by atoms with Crippen LogP contribution in [0.25, 0.3) is 0 Å². The second-order valence-corrected chi connectivity index (χ2v) is 7.10. The van der Waals surface area contributed by atoms with Gasteiger partial charge in [-0.1, -0.05) is 0 Å². The third-order valence-corrected chi connectivity index (χ3v) is 5.22. The van der Waals surface area contributed by atoms with Gasteiger partial charge in [0.2, 0.25) is 0 Å². The van der Waals surface area contributed by atoms with Gasteiger partial charge >= 0.3 is 0 Å². The largest absolute Gasteiger partial charge is 0.306 e. The van der Waals surface area contributed by atoms with E-state index in [1.807, 2.05) is 0 Å². The maximum Gasteiger partial charge on any atom is 0.263 e. The van der Waals surface area contributed by atoms with Crippen molar-refractivity contribution < 1.29 is 17.2 Å². The smallest absolute Gasteiger partial charge is 0.263 e. The minimum atomic E-state index is -2.91. The van der Waals surface area contributed by atoms with Crippen molar-refractivity contribution in [3.8, 4) is 0 Å². The lowest BCUT2D eigenvalue weighted by atomic mass is 10.1. The standard InChI is InChI=1S/C10H17F2NO2S/c11-10(12)5-1-2-9(10)13-8-3-6-16(14,15)7-4-8/h8-9,13H,1-7H2. The number of alkyl halides is 2. The highest BCUT2D eigenvalue weighted by Gasteiger charge is 2.44. The molecule has 16 heavy (non-hydrogen) atoms. The molecule has 0 aromatic heterocycles. The van der Waals surface area contributed by atoms with Crippen LogP contribution in [-0.4, -0.2) is 37.9 Å². The van der Waals surface area contributed by atoms with Gasteiger partial charge in [0.05, 0.1) is 17.5 Å². The highest BCUT2D eigenvalue weighted by atomic mass is 32.2. The fourth-order valence-electron chi connectivity index (χ4n) is 2.47. The Kier molecular flexibility index (Phi) is 3.22. The van der Waals surface area contributed by atoms with Crippen LogP contribution in [0, 0.1) is 0 Å². The second-order valence-electron chi connectivity index (χ2n) is 4.80. The lowest BCUT2D eigenvalue weighted by molar-refractivity contribution is -0.0214. The summed E-state index contributed by atoms with van der Waals surface area (Å²) in [5.41, 5.74) is 0. The predicted octanol–water partition coefficient (Wildman–Crippen LogP) is 1.34. The van der Waals surface area contributed by atoms with Gasteiger partial charge < -0.3 is 5.32 Å². The normalized spacial score (nSPS) is 34.0. The van der Waals surface area contributed by atoms with Gasteiger partial charge in [-0.05, 0) is 25.7 Å². The number of rotatable bonds is 2. The first kappa shape index (κ1) is 12.2. The summed E-state index contributed by atoms with van der Waals surface area (Å²) in [7, 11) is -2.91. The van der Waals surface area contributed by atoms with Crippen LogP contribution in [0.1, 0.15) is 32.1 Å². The minimum absolute atomic E-state index is 0.0459. The lowest BCUT2D eigenvalue weighted by Crippen LogP contribution is -2.48. The van der Waals surface area contributed by atoms with Crippen LogP contribution in [0.4, 0.5) is 8.78 Å². The monoisotopic (exact) mass is 253 g/mol. The van der Waals surface area contributed by atoms with Crippen molar-refractivity contribution >= 4 is 9.84 Å². The van der Waals surface area contributed by atoms with E-state index in [-0.39, 0.29) is 24.0 Å². The van der Waals surface area contributed by atoms with Crippen LogP contribution in [0.5, 0.6) is 0 Å². The van der Waals surface area contributed by atoms with E-state index in [1.54, 1.807) is 0 Å². The Balaban J connectivity index is 1.87. The van der Waals surface area contributed by atoms with E-state index in [0.29, 0.717) is 25.7 Å². The van der Waals surface area contributed by atoms with Gasteiger partial charge in [0.1, 0.15) is 9.84 Å². The van der Waals surface area contributed by atoms with Gasteiger partial charge in [-0.2, -0.15) is 0 Å². The van der Waals surface area contributed by atoms with E-state index >= 15 is 0 Å². The first-order valence-corrected chi connectivity index (χ1v) is 7.55. The number of hydrogen-bond donors (Lipinski definition) is 1. The third-order valence-electron chi connectivity index (χ3n) is 3.50. The molecule has 1 saturated heterocycles. The molecule has 0 aromatic carbocycles. The van der Waals surface area contributed by atoms with Crippen molar-refractivity contribution in [3.05, 3.63) is 0 Å². The van der Waals surface area contributed by atoms with Crippen LogP contribution in [0.15, 0.2) is 0 Å². The molecule has 1 heterocycles. The Labute approximate surface area is 94.5 Å². The summed E-state index contributed by atoms with van der Waals surface area (Å²) in [6, 6.07) is -0.809. The fourth-order valence-corrected chi connectivity index (χ4v) is 3.97. The van der Waals surface area contributed by atoms with Crippen molar-refractivity contribution in [2.24, 2.45) is 0 Å². The van der Waals surface area contributed by atoms with E-state index in [1.165, 1.54) is 0 Å². The molecule has 1 saturated carbocycles. The Morgan fingerprint density at radius 1 is 1.12 bits per heavy atom. The van der Waals surface area contributed by atoms with Gasteiger partial charge in [-0.25, -0.2) is 17.2 Å². The molecule has 3 nitrogen and oxygen atoms in total. The summed E-state index contributed by atoms with van der Waals surface area (Å²) in [4.78, 5) is 0. The van der Waals surface area contributed by atoms with E-state index < -0.39 is 21.8 Å². The van der Waals surface area contributed by atoms with Crippen LogP contribution >= 0.6 is 0 Å². The third kappa shape index (κ3) is 2.71. The summed E-state index contributed by atoms with van der Waals surface area (Å²) >= 11 is 0. The molecule has 0 amide bonds. The summed E-state index contributed by atoms with van der Waals surface area (Å²) < 4.78 is 49.0. The molecule has 2 fully saturated rings. The van der Waals surface area contributed by atoms with E-state index in [9.17, 15) is 17.2 Å². The van der Waals surface area contributed by atoms with Crippen molar-refractivity contribution in [1.82, 2.24) is 5.32 Å². The fraction of sp³-hybridized carbons (Fsp3) is 1.00. The first-order valence-electron chi connectivity index (χ1n) is 5.73. The zero-order valence-electron chi connectivity index (χ0n) is 9.09. The summed E-state index contributed by atoms with van der Waals surface area (Å²) in [6.45, 7) is 0. The molecule has 0 aromatic rings. The number of halogens is 2. The topological polar surface area (TPSA) is 46.2 Å². The van der Waals surface area contributed by atoms with Gasteiger partial charge in [-0.15, -0.1) is 0 Å². The van der Waals surface area contributed by atoms with Gasteiger partial charge in [0.15, 0.2) is 0 Å². The summed E-state index contributed by atoms with van der Waals surface area (Å²) in [6.07, 6.45) is 1.94. The maximum absolute atomic E-state index is 13.3. The number of hydrogen-bond acceptors (Lipinski definition) is 3. The van der Waals surface area contributed by atoms with Gasteiger partial charge in [0, 0.05) is 12.5 Å². The average Bonchev–Trinajstić information content (AvgIpc) is 2.50. The van der Waals surface area contributed by atoms with Crippen LogP contribution in [0.3, 0.4) is 0 Å². The quantitative estimate of drug-likeness (QED) is 0.808. The number of sulfone groups is 1. The molecule has 1 aliphatic heterocycles. The van der Waals surface area contributed by atoms with E-state index in [0.717, 1.165) is 0 Å². The van der Waals surface area contributed by atoms with Crippen molar-refractivity contribution in [1.29, 1.82) is 0 Å². The molecule has 0 bridgehead atoms. The maximum atomic E-state index is 13.3.